The number of hydrogen-bond acceptors (Lipinski definition) is 7. The summed E-state index contributed by atoms with van der Waals surface area (Å²) in [6, 6.07) is 15.1. The van der Waals surface area contributed by atoms with E-state index >= 15 is 0 Å². The van der Waals surface area contributed by atoms with Crippen LogP contribution in [0.4, 0.5) is 5.95 Å². The second-order valence-corrected chi connectivity index (χ2v) is 9.81. The molecule has 0 bridgehead atoms. The first kappa shape index (κ1) is 22.5. The van der Waals surface area contributed by atoms with Gasteiger partial charge in [-0.3, -0.25) is 9.67 Å². The first-order chi connectivity index (χ1) is 16.8. The largest absolute Gasteiger partial charge is 0.439 e. The molecule has 0 aliphatic carbocycles. The van der Waals surface area contributed by atoms with E-state index in [-0.39, 0.29) is 16.7 Å². The highest BCUT2D eigenvalue weighted by Crippen LogP contribution is 2.31. The number of rotatable bonds is 6. The van der Waals surface area contributed by atoms with Gasteiger partial charge in [-0.15, -0.1) is 0 Å². The van der Waals surface area contributed by atoms with Gasteiger partial charge in [-0.25, -0.2) is 18.1 Å². The molecule has 0 fully saturated rings. The quantitative estimate of drug-likeness (QED) is 0.372. The summed E-state index contributed by atoms with van der Waals surface area (Å²) in [7, 11) is -2.31. The van der Waals surface area contributed by atoms with Crippen molar-refractivity contribution < 1.29 is 13.2 Å². The van der Waals surface area contributed by atoms with E-state index in [1.807, 2.05) is 56.3 Å². The highest BCUT2D eigenvalue weighted by Gasteiger charge is 2.20. The number of anilines is 1. The van der Waals surface area contributed by atoms with Crippen molar-refractivity contribution in [1.29, 1.82) is 0 Å². The van der Waals surface area contributed by atoms with Crippen LogP contribution in [0.1, 0.15) is 11.1 Å². The van der Waals surface area contributed by atoms with Crippen molar-refractivity contribution in [3.05, 3.63) is 84.4 Å². The zero-order valence-corrected chi connectivity index (χ0v) is 20.1. The molecule has 0 saturated carbocycles. The van der Waals surface area contributed by atoms with Gasteiger partial charge in [-0.05, 0) is 54.6 Å². The number of ether oxygens (including phenoxy) is 1. The van der Waals surface area contributed by atoms with Crippen LogP contribution in [0.2, 0.25) is 0 Å². The third-order valence-electron chi connectivity index (χ3n) is 5.49. The fraction of sp³-hybridized carbons (Fsp3) is 0.120. The van der Waals surface area contributed by atoms with Crippen molar-refractivity contribution >= 4 is 26.7 Å². The number of aromatic nitrogens is 5. The van der Waals surface area contributed by atoms with Crippen LogP contribution in [0.15, 0.2) is 78.2 Å². The Morgan fingerprint density at radius 1 is 0.943 bits per heavy atom. The third-order valence-corrected chi connectivity index (χ3v) is 6.77. The van der Waals surface area contributed by atoms with E-state index < -0.39 is 10.0 Å². The second-order valence-electron chi connectivity index (χ2n) is 8.12. The Morgan fingerprint density at radius 3 is 2.49 bits per heavy atom. The van der Waals surface area contributed by atoms with Crippen LogP contribution < -0.4 is 9.46 Å². The molecule has 0 spiro atoms. The molecule has 10 heteroatoms. The van der Waals surface area contributed by atoms with Gasteiger partial charge in [0.1, 0.15) is 10.6 Å². The van der Waals surface area contributed by atoms with Crippen LogP contribution in [0, 0.1) is 13.8 Å². The minimum atomic E-state index is -3.95. The molecule has 9 nitrogen and oxygen atoms in total. The number of nitrogens with one attached hydrogen (secondary N) is 1. The van der Waals surface area contributed by atoms with E-state index in [0.29, 0.717) is 11.4 Å². The van der Waals surface area contributed by atoms with Gasteiger partial charge in [0.05, 0.1) is 11.9 Å². The summed E-state index contributed by atoms with van der Waals surface area (Å²) in [6.07, 6.45) is 6.15. The van der Waals surface area contributed by atoms with Crippen molar-refractivity contribution in [2.75, 3.05) is 4.72 Å². The highest BCUT2D eigenvalue weighted by molar-refractivity contribution is 7.92. The van der Waals surface area contributed by atoms with Crippen LogP contribution in [0.5, 0.6) is 11.6 Å². The van der Waals surface area contributed by atoms with Gasteiger partial charge in [-0.2, -0.15) is 10.1 Å². The summed E-state index contributed by atoms with van der Waals surface area (Å²) in [6.45, 7) is 3.95. The summed E-state index contributed by atoms with van der Waals surface area (Å²) in [5.41, 5.74) is 3.41. The number of nitrogens with zero attached hydrogens (tertiary/aromatic N) is 5. The lowest BCUT2D eigenvalue weighted by Gasteiger charge is -2.14. The average Bonchev–Trinajstić information content (AvgIpc) is 3.26. The maximum Gasteiger partial charge on any atom is 0.267 e. The molecule has 2 aromatic carbocycles. The lowest BCUT2D eigenvalue weighted by atomic mass is 10.00. The van der Waals surface area contributed by atoms with Crippen molar-refractivity contribution in [3.8, 4) is 22.9 Å². The summed E-state index contributed by atoms with van der Waals surface area (Å²) in [5, 5.41) is 5.87. The van der Waals surface area contributed by atoms with Gasteiger partial charge in [0, 0.05) is 42.7 Å². The van der Waals surface area contributed by atoms with Crippen molar-refractivity contribution in [2.45, 2.75) is 18.7 Å². The monoisotopic (exact) mass is 486 g/mol. The molecule has 5 aromatic rings. The number of pyridine rings is 1. The number of sulfonamides is 1. The topological polar surface area (TPSA) is 112 Å². The van der Waals surface area contributed by atoms with E-state index in [2.05, 4.69) is 24.8 Å². The van der Waals surface area contributed by atoms with Crippen LogP contribution in [0.25, 0.3) is 22.0 Å². The Hall–Kier alpha value is -4.31. The minimum Gasteiger partial charge on any atom is -0.439 e. The fourth-order valence-corrected chi connectivity index (χ4v) is 4.76. The molecule has 0 atom stereocenters. The predicted octanol–water partition coefficient (Wildman–Crippen LogP) is 4.64. The first-order valence-electron chi connectivity index (χ1n) is 10.8. The molecule has 0 aliphatic heterocycles. The molecule has 0 amide bonds. The predicted molar refractivity (Wildman–Crippen MR) is 133 cm³/mol. The van der Waals surface area contributed by atoms with Gasteiger partial charge >= 0.3 is 0 Å². The zero-order chi connectivity index (χ0) is 24.6. The first-order valence-corrected chi connectivity index (χ1v) is 12.3. The van der Waals surface area contributed by atoms with E-state index in [1.54, 1.807) is 25.5 Å². The smallest absolute Gasteiger partial charge is 0.267 e. The Balaban J connectivity index is 1.59. The molecule has 5 rings (SSSR count). The van der Waals surface area contributed by atoms with Gasteiger partial charge in [-0.1, -0.05) is 18.2 Å². The average molecular weight is 487 g/mol. The van der Waals surface area contributed by atoms with Crippen LogP contribution in [0.3, 0.4) is 0 Å². The molecule has 35 heavy (non-hydrogen) atoms. The van der Waals surface area contributed by atoms with Gasteiger partial charge in [0.25, 0.3) is 10.0 Å². The molecular weight excluding hydrogens is 464 g/mol. The zero-order valence-electron chi connectivity index (χ0n) is 19.3. The standard InChI is InChI=1S/C25H22N6O3S/c1-16-5-4-6-17(2)24(16)22-12-23(34-20-8-7-19-13-26-10-9-18(19)11-20)29-25(28-22)30-35(32,33)21-14-27-31(3)15-21/h4-15H,1-3H3,(H,28,29,30). The Labute approximate surface area is 202 Å². The van der Waals surface area contributed by atoms with E-state index in [0.717, 1.165) is 27.5 Å². The number of benzene rings is 2. The molecule has 176 valence electrons. The van der Waals surface area contributed by atoms with Crippen LogP contribution in [-0.4, -0.2) is 33.2 Å². The van der Waals surface area contributed by atoms with Crippen molar-refractivity contribution in [3.63, 3.8) is 0 Å². The second kappa shape index (κ2) is 8.80. The Bertz CT molecular complexity index is 1640. The van der Waals surface area contributed by atoms with Crippen molar-refractivity contribution in [1.82, 2.24) is 24.7 Å². The molecule has 1 N–H and O–H groups in total. The molecule has 0 unspecified atom stereocenters. The molecule has 0 aliphatic rings. The van der Waals surface area contributed by atoms with E-state index in [1.165, 1.54) is 17.1 Å². The number of aryl methyl sites for hydroxylation is 3. The summed E-state index contributed by atoms with van der Waals surface area (Å²) < 4.78 is 35.8. The molecule has 3 heterocycles. The highest BCUT2D eigenvalue weighted by atomic mass is 32.2. The summed E-state index contributed by atoms with van der Waals surface area (Å²) in [4.78, 5) is 13.0. The summed E-state index contributed by atoms with van der Waals surface area (Å²) >= 11 is 0. The van der Waals surface area contributed by atoms with E-state index in [9.17, 15) is 8.42 Å². The normalized spacial score (nSPS) is 11.5. The maximum atomic E-state index is 12.9. The van der Waals surface area contributed by atoms with Crippen LogP contribution in [-0.2, 0) is 17.1 Å². The van der Waals surface area contributed by atoms with Crippen LogP contribution >= 0.6 is 0 Å². The number of fused-ring (bicyclic) bond motifs is 1. The summed E-state index contributed by atoms with van der Waals surface area (Å²) in [5.74, 6) is 0.653. The SMILES string of the molecule is Cc1cccc(C)c1-c1cc(Oc2ccc3cnccc3c2)nc(NS(=O)(=O)c2cnn(C)c2)n1. The van der Waals surface area contributed by atoms with Gasteiger partial charge in [0.2, 0.25) is 11.8 Å². The lowest BCUT2D eigenvalue weighted by Crippen LogP contribution is -2.15. The van der Waals surface area contributed by atoms with E-state index in [4.69, 9.17) is 4.74 Å². The molecule has 0 radical (unpaired) electrons. The molecular formula is C25H22N6O3S. The van der Waals surface area contributed by atoms with Gasteiger partial charge in [0.15, 0.2) is 0 Å². The lowest BCUT2D eigenvalue weighted by molar-refractivity contribution is 0.463. The van der Waals surface area contributed by atoms with Gasteiger partial charge < -0.3 is 4.74 Å². The Morgan fingerprint density at radius 2 is 1.74 bits per heavy atom. The van der Waals surface area contributed by atoms with Crippen molar-refractivity contribution in [2.24, 2.45) is 7.05 Å². The molecule has 0 saturated heterocycles. The number of hydrogen-bond donors (Lipinski definition) is 1. The molecule has 3 aromatic heterocycles. The fourth-order valence-electron chi connectivity index (χ4n) is 3.83. The minimum absolute atomic E-state index is 0.00619. The maximum absolute atomic E-state index is 12.9. The third kappa shape index (κ3) is 4.69. The Kier molecular flexibility index (Phi) is 5.65.